The molecule has 0 spiro atoms. The molecule has 0 atom stereocenters. The zero-order valence-corrected chi connectivity index (χ0v) is 13.3. The molecule has 2 aromatic carbocycles. The van der Waals surface area contributed by atoms with Crippen LogP contribution in [0.15, 0.2) is 36.4 Å². The summed E-state index contributed by atoms with van der Waals surface area (Å²) in [6.07, 6.45) is 0. The topological polar surface area (TPSA) is 52.6 Å². The van der Waals surface area contributed by atoms with Crippen LogP contribution in [-0.4, -0.2) is 11.2 Å². The number of amides is 2. The highest BCUT2D eigenvalue weighted by Crippen LogP contribution is 2.26. The van der Waals surface area contributed by atoms with Crippen LogP contribution in [0.3, 0.4) is 0 Å². The van der Waals surface area contributed by atoms with Gasteiger partial charge in [-0.15, -0.1) is 0 Å². The number of urea groups is 1. The monoisotopic (exact) mass is 364 g/mol. The van der Waals surface area contributed by atoms with Crippen LogP contribution in [0.1, 0.15) is 0 Å². The van der Waals surface area contributed by atoms with E-state index in [9.17, 15) is 10.0 Å². The van der Waals surface area contributed by atoms with Gasteiger partial charge in [0.1, 0.15) is 0 Å². The third kappa shape index (κ3) is 4.40. The number of nitrogens with one attached hydrogen (secondary N) is 1. The van der Waals surface area contributed by atoms with Crippen molar-refractivity contribution in [1.29, 1.82) is 0 Å². The predicted molar refractivity (Wildman–Crippen MR) is 86.2 cm³/mol. The first-order valence-corrected chi connectivity index (χ1v) is 7.08. The molecule has 0 radical (unpaired) electrons. The molecule has 0 fully saturated rings. The van der Waals surface area contributed by atoms with Crippen molar-refractivity contribution >= 4 is 63.8 Å². The fraction of sp³-hybridized carbons (Fsp3) is 0. The molecule has 0 saturated carbocycles. The summed E-state index contributed by atoms with van der Waals surface area (Å²) in [5.74, 6) is 0. The Kier molecular flexibility index (Phi) is 5.19. The maximum absolute atomic E-state index is 12.0. The first-order valence-electron chi connectivity index (χ1n) is 5.57. The third-order valence-electron chi connectivity index (χ3n) is 2.40. The summed E-state index contributed by atoms with van der Waals surface area (Å²) in [6, 6.07) is 7.94. The van der Waals surface area contributed by atoms with Gasteiger partial charge in [-0.05, 0) is 36.4 Å². The number of hydrogen-bond donors (Lipinski definition) is 2. The molecule has 110 valence electrons. The van der Waals surface area contributed by atoms with Crippen molar-refractivity contribution in [3.63, 3.8) is 0 Å². The Bertz CT molecular complexity index is 653. The normalized spacial score (nSPS) is 10.3. The van der Waals surface area contributed by atoms with Crippen LogP contribution < -0.4 is 10.4 Å². The Morgan fingerprint density at radius 1 is 0.857 bits per heavy atom. The van der Waals surface area contributed by atoms with Crippen molar-refractivity contribution in [1.82, 2.24) is 0 Å². The van der Waals surface area contributed by atoms with Gasteiger partial charge < -0.3 is 5.32 Å². The maximum atomic E-state index is 12.0. The Hall–Kier alpha value is -1.17. The van der Waals surface area contributed by atoms with Gasteiger partial charge in [-0.3, -0.25) is 5.21 Å². The van der Waals surface area contributed by atoms with E-state index in [4.69, 9.17) is 46.4 Å². The summed E-state index contributed by atoms with van der Waals surface area (Å²) in [6.45, 7) is 0. The molecule has 0 aliphatic rings. The molecule has 2 amide bonds. The number of rotatable bonds is 2. The molecular weight excluding hydrogens is 358 g/mol. The first kappa shape index (κ1) is 16.2. The highest BCUT2D eigenvalue weighted by Gasteiger charge is 2.15. The van der Waals surface area contributed by atoms with Gasteiger partial charge in [-0.2, -0.15) is 5.06 Å². The molecule has 2 rings (SSSR count). The van der Waals surface area contributed by atoms with Crippen molar-refractivity contribution in [2.24, 2.45) is 0 Å². The van der Waals surface area contributed by atoms with E-state index in [1.54, 1.807) is 0 Å². The molecular formula is C13H8Cl4N2O2. The number of carbonyl (C=O) groups is 1. The van der Waals surface area contributed by atoms with E-state index in [0.29, 0.717) is 20.8 Å². The molecule has 0 heterocycles. The Labute approximate surface area is 140 Å². The van der Waals surface area contributed by atoms with E-state index < -0.39 is 6.03 Å². The number of carbonyl (C=O) groups excluding carboxylic acids is 1. The molecule has 0 bridgehead atoms. The maximum Gasteiger partial charge on any atom is 0.350 e. The SMILES string of the molecule is O=C(Nc1cc(Cl)cc(Cl)c1)N(O)c1cc(Cl)cc(Cl)c1. The molecule has 2 N–H and O–H groups in total. The van der Waals surface area contributed by atoms with Crippen LogP contribution in [0.5, 0.6) is 0 Å². The quantitative estimate of drug-likeness (QED) is 0.527. The second-order valence-electron chi connectivity index (χ2n) is 4.03. The van der Waals surface area contributed by atoms with Gasteiger partial charge in [-0.1, -0.05) is 46.4 Å². The summed E-state index contributed by atoms with van der Waals surface area (Å²) in [5, 5.41) is 14.0. The number of benzene rings is 2. The Morgan fingerprint density at radius 3 is 1.76 bits per heavy atom. The minimum Gasteiger partial charge on any atom is -0.306 e. The van der Waals surface area contributed by atoms with Gasteiger partial charge >= 0.3 is 6.03 Å². The van der Waals surface area contributed by atoms with Gasteiger partial charge in [-0.25, -0.2) is 4.79 Å². The number of hydroxylamine groups is 1. The van der Waals surface area contributed by atoms with Gasteiger partial charge in [0.25, 0.3) is 0 Å². The van der Waals surface area contributed by atoms with E-state index in [-0.39, 0.29) is 15.7 Å². The lowest BCUT2D eigenvalue weighted by molar-refractivity contribution is 0.216. The Balaban J connectivity index is 2.19. The molecule has 0 saturated heterocycles. The van der Waals surface area contributed by atoms with Crippen LogP contribution in [-0.2, 0) is 0 Å². The largest absolute Gasteiger partial charge is 0.350 e. The molecule has 8 heteroatoms. The van der Waals surface area contributed by atoms with Crippen molar-refractivity contribution in [3.05, 3.63) is 56.5 Å². The number of hydrogen-bond acceptors (Lipinski definition) is 2. The van der Waals surface area contributed by atoms with Crippen LogP contribution >= 0.6 is 46.4 Å². The highest BCUT2D eigenvalue weighted by molar-refractivity contribution is 6.35. The number of nitrogens with zero attached hydrogens (tertiary/aromatic N) is 1. The van der Waals surface area contributed by atoms with Crippen LogP contribution in [0, 0.1) is 0 Å². The second kappa shape index (κ2) is 6.73. The zero-order valence-electron chi connectivity index (χ0n) is 10.3. The predicted octanol–water partition coefficient (Wildman–Crippen LogP) is 5.73. The highest BCUT2D eigenvalue weighted by atomic mass is 35.5. The molecule has 4 nitrogen and oxygen atoms in total. The van der Waals surface area contributed by atoms with Crippen molar-refractivity contribution in [2.45, 2.75) is 0 Å². The minimum atomic E-state index is -0.813. The fourth-order valence-electron chi connectivity index (χ4n) is 1.58. The van der Waals surface area contributed by atoms with E-state index >= 15 is 0 Å². The summed E-state index contributed by atoms with van der Waals surface area (Å²) < 4.78 is 0. The smallest absolute Gasteiger partial charge is 0.306 e. The van der Waals surface area contributed by atoms with Gasteiger partial charge in [0.2, 0.25) is 0 Å². The standard InChI is InChI=1S/C13H8Cl4N2O2/c14-7-1-8(15)4-11(3-7)18-13(20)19(21)12-5-9(16)2-10(17)6-12/h1-6,21H,(H,18,20). The van der Waals surface area contributed by atoms with E-state index in [1.807, 2.05) is 0 Å². The summed E-state index contributed by atoms with van der Waals surface area (Å²) in [7, 11) is 0. The Morgan fingerprint density at radius 2 is 1.29 bits per heavy atom. The van der Waals surface area contributed by atoms with Gasteiger partial charge in [0.05, 0.1) is 5.69 Å². The molecule has 21 heavy (non-hydrogen) atoms. The van der Waals surface area contributed by atoms with Crippen LogP contribution in [0.25, 0.3) is 0 Å². The molecule has 0 aromatic heterocycles. The molecule has 0 unspecified atom stereocenters. The van der Waals surface area contributed by atoms with Crippen molar-refractivity contribution < 1.29 is 10.0 Å². The first-order chi connectivity index (χ1) is 9.85. The van der Waals surface area contributed by atoms with Crippen LogP contribution in [0.4, 0.5) is 16.2 Å². The second-order valence-corrected chi connectivity index (χ2v) is 5.77. The third-order valence-corrected chi connectivity index (χ3v) is 3.27. The van der Waals surface area contributed by atoms with Crippen molar-refractivity contribution in [3.8, 4) is 0 Å². The summed E-state index contributed by atoms with van der Waals surface area (Å²) in [4.78, 5) is 12.0. The fourth-order valence-corrected chi connectivity index (χ4v) is 2.62. The van der Waals surface area contributed by atoms with Gasteiger partial charge in [0, 0.05) is 25.8 Å². The average molecular weight is 366 g/mol. The van der Waals surface area contributed by atoms with Gasteiger partial charge in [0.15, 0.2) is 0 Å². The number of anilines is 2. The van der Waals surface area contributed by atoms with Crippen molar-refractivity contribution in [2.75, 3.05) is 10.4 Å². The lowest BCUT2D eigenvalue weighted by atomic mass is 10.3. The summed E-state index contributed by atoms with van der Waals surface area (Å²) in [5.41, 5.74) is 0.461. The van der Waals surface area contributed by atoms with E-state index in [1.165, 1.54) is 36.4 Å². The lowest BCUT2D eigenvalue weighted by Crippen LogP contribution is -2.31. The minimum absolute atomic E-state index is 0.123. The summed E-state index contributed by atoms with van der Waals surface area (Å²) >= 11 is 23.3. The zero-order chi connectivity index (χ0) is 15.6. The van der Waals surface area contributed by atoms with E-state index in [2.05, 4.69) is 5.32 Å². The number of halogens is 4. The lowest BCUT2D eigenvalue weighted by Gasteiger charge is -2.16. The van der Waals surface area contributed by atoms with Crippen LogP contribution in [0.2, 0.25) is 20.1 Å². The van der Waals surface area contributed by atoms with E-state index in [0.717, 1.165) is 0 Å². The molecule has 0 aliphatic carbocycles. The molecule has 2 aromatic rings. The average Bonchev–Trinajstić information content (AvgIpc) is 2.35. The molecule has 0 aliphatic heterocycles.